The third kappa shape index (κ3) is 6.20. The van der Waals surface area contributed by atoms with Gasteiger partial charge in [0.15, 0.2) is 0 Å². The molecule has 1 aromatic heterocycles. The van der Waals surface area contributed by atoms with Gasteiger partial charge in [-0.15, -0.1) is 10.2 Å². The third-order valence-electron chi connectivity index (χ3n) is 4.42. The molecule has 0 aliphatic heterocycles. The Hall–Kier alpha value is -3.10. The number of amides is 2. The Kier molecular flexibility index (Phi) is 7.64. The smallest absolute Gasteiger partial charge is 0.286 e. The van der Waals surface area contributed by atoms with Crippen LogP contribution in [0.25, 0.3) is 0 Å². The van der Waals surface area contributed by atoms with Crippen molar-refractivity contribution in [2.75, 3.05) is 12.4 Å². The van der Waals surface area contributed by atoms with Crippen molar-refractivity contribution in [3.05, 3.63) is 75.7 Å². The second-order valence-electron chi connectivity index (χ2n) is 6.86. The molecule has 0 bridgehead atoms. The number of ether oxygens (including phenoxy) is 1. The first-order chi connectivity index (χ1) is 14.5. The average molecular weight is 425 g/mol. The molecule has 1 unspecified atom stereocenters. The van der Waals surface area contributed by atoms with E-state index in [0.29, 0.717) is 22.9 Å². The zero-order valence-electron chi connectivity index (χ0n) is 16.9. The minimum absolute atomic E-state index is 0.0517. The summed E-state index contributed by atoms with van der Waals surface area (Å²) in [6.45, 7) is 2.31. The van der Waals surface area contributed by atoms with Crippen molar-refractivity contribution in [2.24, 2.45) is 0 Å². The highest BCUT2D eigenvalue weighted by Crippen LogP contribution is 2.15. The van der Waals surface area contributed by atoms with Gasteiger partial charge >= 0.3 is 0 Å². The molecule has 1 heterocycles. The fourth-order valence-corrected chi connectivity index (χ4v) is 3.53. The maximum atomic E-state index is 12.5. The van der Waals surface area contributed by atoms with E-state index in [4.69, 9.17) is 4.74 Å². The summed E-state index contributed by atoms with van der Waals surface area (Å²) in [6, 6.07) is 17.0. The van der Waals surface area contributed by atoms with Crippen LogP contribution in [0.3, 0.4) is 0 Å². The van der Waals surface area contributed by atoms with E-state index in [1.807, 2.05) is 25.1 Å². The molecule has 3 aromatic rings. The number of hydrogen-bond acceptors (Lipinski definition) is 6. The van der Waals surface area contributed by atoms with Gasteiger partial charge in [0, 0.05) is 24.4 Å². The Bertz CT molecular complexity index is 974. The van der Waals surface area contributed by atoms with Crippen molar-refractivity contribution < 1.29 is 14.3 Å². The van der Waals surface area contributed by atoms with Gasteiger partial charge < -0.3 is 15.4 Å². The van der Waals surface area contributed by atoms with Gasteiger partial charge in [-0.05, 0) is 49.6 Å². The number of carbonyl (C=O) groups excluding carboxylic acids is 2. The summed E-state index contributed by atoms with van der Waals surface area (Å²) in [6.07, 6.45) is 1.77. The molecule has 0 saturated carbocycles. The third-order valence-corrected chi connectivity index (χ3v) is 5.32. The molecule has 0 aliphatic rings. The van der Waals surface area contributed by atoms with E-state index in [9.17, 15) is 9.59 Å². The number of benzene rings is 2. The van der Waals surface area contributed by atoms with Crippen molar-refractivity contribution in [3.63, 3.8) is 0 Å². The van der Waals surface area contributed by atoms with Crippen LogP contribution in [0.5, 0.6) is 0 Å². The van der Waals surface area contributed by atoms with Gasteiger partial charge in [0.2, 0.25) is 5.01 Å². The van der Waals surface area contributed by atoms with E-state index < -0.39 is 0 Å². The van der Waals surface area contributed by atoms with Gasteiger partial charge in [0.05, 0.1) is 6.61 Å². The van der Waals surface area contributed by atoms with Crippen molar-refractivity contribution >= 4 is 28.8 Å². The zero-order valence-corrected chi connectivity index (χ0v) is 17.7. The normalized spacial score (nSPS) is 11.7. The lowest BCUT2D eigenvalue weighted by Crippen LogP contribution is -2.32. The van der Waals surface area contributed by atoms with Crippen LogP contribution in [-0.4, -0.2) is 35.2 Å². The molecular formula is C22H24N4O3S. The second kappa shape index (κ2) is 10.6. The van der Waals surface area contributed by atoms with Crippen molar-refractivity contribution in [1.82, 2.24) is 15.5 Å². The highest BCUT2D eigenvalue weighted by Gasteiger charge is 2.14. The summed E-state index contributed by atoms with van der Waals surface area (Å²) < 4.78 is 4.98. The minimum Gasteiger partial charge on any atom is -0.377 e. The van der Waals surface area contributed by atoms with Gasteiger partial charge in [-0.1, -0.05) is 41.7 Å². The van der Waals surface area contributed by atoms with Crippen molar-refractivity contribution in [2.45, 2.75) is 32.4 Å². The summed E-state index contributed by atoms with van der Waals surface area (Å²) in [5.74, 6) is -0.483. The second-order valence-corrected chi connectivity index (χ2v) is 7.93. The summed E-state index contributed by atoms with van der Waals surface area (Å²) in [5, 5.41) is 14.4. The SMILES string of the molecule is COCc1nnc(C(=O)Nc2ccc(C(=O)NC(C)CCc3ccccc3)cc2)s1. The summed E-state index contributed by atoms with van der Waals surface area (Å²) in [4.78, 5) is 24.7. The first-order valence-electron chi connectivity index (χ1n) is 9.62. The Labute approximate surface area is 179 Å². The molecule has 0 radical (unpaired) electrons. The number of rotatable bonds is 9. The molecule has 30 heavy (non-hydrogen) atoms. The van der Waals surface area contributed by atoms with E-state index in [-0.39, 0.29) is 22.9 Å². The maximum Gasteiger partial charge on any atom is 0.286 e. The molecule has 0 saturated heterocycles. The molecule has 7 nitrogen and oxygen atoms in total. The number of aromatic nitrogens is 2. The molecular weight excluding hydrogens is 400 g/mol. The molecule has 2 N–H and O–H groups in total. The standard InChI is InChI=1S/C22H24N4O3S/c1-15(8-9-16-6-4-3-5-7-16)23-20(27)17-10-12-18(13-11-17)24-21(28)22-26-25-19(30-22)14-29-2/h3-7,10-13,15H,8-9,14H2,1-2H3,(H,23,27)(H,24,28). The van der Waals surface area contributed by atoms with Crippen LogP contribution in [0, 0.1) is 0 Å². The topological polar surface area (TPSA) is 93.2 Å². The van der Waals surface area contributed by atoms with Gasteiger partial charge in [0.25, 0.3) is 11.8 Å². The Balaban J connectivity index is 1.50. The molecule has 2 aromatic carbocycles. The Morgan fingerprint density at radius 3 is 2.47 bits per heavy atom. The fraction of sp³-hybridized carbons (Fsp3) is 0.273. The monoisotopic (exact) mass is 424 g/mol. The number of nitrogens with zero attached hydrogens (tertiary/aromatic N) is 2. The molecule has 8 heteroatoms. The number of carbonyl (C=O) groups is 2. The zero-order chi connectivity index (χ0) is 21.3. The lowest BCUT2D eigenvalue weighted by atomic mass is 10.1. The fourth-order valence-electron chi connectivity index (χ4n) is 2.82. The van der Waals surface area contributed by atoms with E-state index in [0.717, 1.165) is 12.8 Å². The van der Waals surface area contributed by atoms with Crippen molar-refractivity contribution in [1.29, 1.82) is 0 Å². The first kappa shape index (κ1) is 21.6. The van der Waals surface area contributed by atoms with E-state index in [2.05, 4.69) is 33.0 Å². The number of nitrogens with one attached hydrogen (secondary N) is 2. The first-order valence-corrected chi connectivity index (χ1v) is 10.4. The number of hydrogen-bond donors (Lipinski definition) is 2. The number of anilines is 1. The summed E-state index contributed by atoms with van der Waals surface area (Å²) in [5.41, 5.74) is 2.37. The van der Waals surface area contributed by atoms with Crippen LogP contribution in [-0.2, 0) is 17.8 Å². The molecule has 0 spiro atoms. The molecule has 0 fully saturated rings. The predicted octanol–water partition coefficient (Wildman–Crippen LogP) is 3.69. The molecule has 0 aliphatic carbocycles. The molecule has 156 valence electrons. The lowest BCUT2D eigenvalue weighted by Gasteiger charge is -2.14. The Morgan fingerprint density at radius 2 is 1.77 bits per heavy atom. The highest BCUT2D eigenvalue weighted by atomic mass is 32.1. The van der Waals surface area contributed by atoms with Gasteiger partial charge in [-0.25, -0.2) is 0 Å². The Morgan fingerprint density at radius 1 is 1.03 bits per heavy atom. The van der Waals surface area contributed by atoms with Crippen LogP contribution in [0.15, 0.2) is 54.6 Å². The average Bonchev–Trinajstić information content (AvgIpc) is 3.23. The number of methoxy groups -OCH3 is 1. The largest absolute Gasteiger partial charge is 0.377 e. The van der Waals surface area contributed by atoms with Crippen LogP contribution < -0.4 is 10.6 Å². The molecule has 1 atom stereocenters. The van der Waals surface area contributed by atoms with Crippen LogP contribution in [0.1, 0.15) is 44.1 Å². The van der Waals surface area contributed by atoms with Crippen molar-refractivity contribution in [3.8, 4) is 0 Å². The summed E-state index contributed by atoms with van der Waals surface area (Å²) in [7, 11) is 1.56. The van der Waals surface area contributed by atoms with Crippen LogP contribution in [0.2, 0.25) is 0 Å². The highest BCUT2D eigenvalue weighted by molar-refractivity contribution is 7.13. The van der Waals surface area contributed by atoms with Gasteiger partial charge in [-0.2, -0.15) is 0 Å². The van der Waals surface area contributed by atoms with E-state index in [1.54, 1.807) is 31.4 Å². The van der Waals surface area contributed by atoms with Crippen LogP contribution >= 0.6 is 11.3 Å². The predicted molar refractivity (Wildman–Crippen MR) is 117 cm³/mol. The molecule has 3 rings (SSSR count). The number of aryl methyl sites for hydroxylation is 1. The minimum atomic E-state index is -0.346. The lowest BCUT2D eigenvalue weighted by molar-refractivity contribution is 0.0938. The van der Waals surface area contributed by atoms with Gasteiger partial charge in [-0.3, -0.25) is 9.59 Å². The van der Waals surface area contributed by atoms with E-state index >= 15 is 0 Å². The van der Waals surface area contributed by atoms with E-state index in [1.165, 1.54) is 16.9 Å². The quantitative estimate of drug-likeness (QED) is 0.546. The maximum absolute atomic E-state index is 12.5. The van der Waals surface area contributed by atoms with Crippen LogP contribution in [0.4, 0.5) is 5.69 Å². The molecule has 2 amide bonds. The van der Waals surface area contributed by atoms with Gasteiger partial charge in [0.1, 0.15) is 5.01 Å². The summed E-state index contributed by atoms with van der Waals surface area (Å²) >= 11 is 1.18.